The maximum Gasteiger partial charge on any atom is 0.305 e. The van der Waals surface area contributed by atoms with Crippen molar-refractivity contribution >= 4 is 134 Å². The minimum absolute atomic E-state index is 0.0312. The van der Waals surface area contributed by atoms with Gasteiger partial charge in [0, 0.05) is 69.3 Å². The van der Waals surface area contributed by atoms with Crippen molar-refractivity contribution in [3.63, 3.8) is 0 Å². The molecule has 2 bridgehead atoms. The number of amides is 12. The number of guanidine groups is 1. The number of thioether (sulfide) groups is 1. The molecule has 0 aliphatic carbocycles. The Morgan fingerprint density at radius 1 is 0.582 bits per heavy atom. The summed E-state index contributed by atoms with van der Waals surface area (Å²) in [7, 11) is 1.78. The van der Waals surface area contributed by atoms with Crippen molar-refractivity contribution in [1.82, 2.24) is 74.4 Å². The van der Waals surface area contributed by atoms with E-state index in [0.717, 1.165) is 53.9 Å². The summed E-state index contributed by atoms with van der Waals surface area (Å²) in [5.41, 5.74) is 11.7. The van der Waals surface area contributed by atoms with Crippen molar-refractivity contribution in [3.05, 3.63) is 35.9 Å². The van der Waals surface area contributed by atoms with E-state index in [1.807, 2.05) is 34.6 Å². The molecule has 1 aromatic rings. The first-order valence-corrected chi connectivity index (χ1v) is 39.6. The lowest BCUT2D eigenvalue weighted by molar-refractivity contribution is -0.141. The highest BCUT2D eigenvalue weighted by atomic mass is 33.1. The molecule has 12 amide bonds. The Morgan fingerprint density at radius 2 is 1.11 bits per heavy atom. The SMILES string of the molecule is CCNC(=O)CNC(=O)[C@@H]1CSSC[C@@H]2NC(=O)[C@H](CC(=O)O)NC(=O)CSC[C@H](NC(=O)[C@H](CC(=O)O)NC(=O)CNC(=O)[C@H](CCCN=C(N)N)NC2=O)C(=O)N[C@@H](Cc2ccccc2)C(=O)N1.CCOCCOCCNC(=O)CCCC(=O)NCCC(CCNC(C)(C)/C(C)=N\O)CCNC(C)(C)/C(C)=N\O. The van der Waals surface area contributed by atoms with E-state index in [9.17, 15) is 77.3 Å². The number of fused-ring (bicyclic) bond motifs is 9. The average molecular weight is 1610 g/mol. The third-order valence-electron chi connectivity index (χ3n) is 16.9. The molecule has 110 heavy (non-hydrogen) atoms. The van der Waals surface area contributed by atoms with Gasteiger partial charge in [-0.1, -0.05) is 62.2 Å². The molecule has 22 N–H and O–H groups in total. The second-order valence-electron chi connectivity index (χ2n) is 26.4. The van der Waals surface area contributed by atoms with Gasteiger partial charge in [0.25, 0.3) is 0 Å². The van der Waals surface area contributed by atoms with Crippen LogP contribution in [0.25, 0.3) is 0 Å². The molecule has 2 aliphatic heterocycles. The van der Waals surface area contributed by atoms with Crippen LogP contribution in [0.1, 0.15) is 125 Å². The second-order valence-corrected chi connectivity index (χ2v) is 30.0. The van der Waals surface area contributed by atoms with E-state index in [0.29, 0.717) is 93.4 Å². The Kier molecular flexibility index (Phi) is 47.3. The number of benzene rings is 1. The lowest BCUT2D eigenvalue weighted by Gasteiger charge is -2.28. The zero-order valence-electron chi connectivity index (χ0n) is 63.6. The fourth-order valence-electron chi connectivity index (χ4n) is 10.1. The lowest BCUT2D eigenvalue weighted by Crippen LogP contribution is -2.60. The van der Waals surface area contributed by atoms with Gasteiger partial charge in [-0.2, -0.15) is 0 Å². The lowest BCUT2D eigenvalue weighted by atomic mass is 9.94. The number of ether oxygens (including phenoxy) is 2. The molecule has 2 heterocycles. The van der Waals surface area contributed by atoms with Gasteiger partial charge >= 0.3 is 11.9 Å². The Morgan fingerprint density at radius 3 is 1.66 bits per heavy atom. The number of rotatable bonds is 38. The molecule has 1 aromatic carbocycles. The molecule has 2 fully saturated rings. The van der Waals surface area contributed by atoms with Crippen LogP contribution in [0.15, 0.2) is 45.6 Å². The summed E-state index contributed by atoms with van der Waals surface area (Å²) in [6.07, 6.45) is 1.32. The van der Waals surface area contributed by atoms with E-state index in [-0.39, 0.29) is 61.6 Å². The quantitative estimate of drug-likeness (QED) is 0.00774. The largest absolute Gasteiger partial charge is 0.481 e. The number of nitrogens with two attached hydrogens (primary N) is 2. The van der Waals surface area contributed by atoms with Crippen LogP contribution in [-0.2, 0) is 83.0 Å². The first kappa shape index (κ1) is 97.0. The molecule has 3 rings (SSSR count). The number of carboxylic acid groups (broad SMARTS) is 2. The maximum atomic E-state index is 14.3. The Hall–Kier alpha value is -9.10. The second kappa shape index (κ2) is 53.7. The summed E-state index contributed by atoms with van der Waals surface area (Å²) >= 11 is 0.687. The molecular weight excluding hydrogens is 1500 g/mol. The van der Waals surface area contributed by atoms with Gasteiger partial charge in [-0.3, -0.25) is 72.1 Å². The number of aliphatic imine (C=N–C) groups is 1. The molecule has 0 unspecified atom stereocenters. The topological polar surface area (TPSA) is 596 Å². The minimum atomic E-state index is -1.89. The predicted molar refractivity (Wildman–Crippen MR) is 413 cm³/mol. The van der Waals surface area contributed by atoms with Crippen LogP contribution < -0.4 is 85.9 Å². The zero-order chi connectivity index (χ0) is 82.2. The van der Waals surface area contributed by atoms with Gasteiger partial charge in [-0.05, 0) is 118 Å². The van der Waals surface area contributed by atoms with Crippen molar-refractivity contribution in [2.75, 3.05) is 102 Å². The number of nitrogens with one attached hydrogen (secondary N) is 14. The highest BCUT2D eigenvalue weighted by Crippen LogP contribution is 2.24. The average Bonchev–Trinajstić information content (AvgIpc) is 0.950. The van der Waals surface area contributed by atoms with E-state index < -0.39 is 162 Å². The summed E-state index contributed by atoms with van der Waals surface area (Å²) in [4.78, 5) is 188. The molecule has 2 aliphatic rings. The fourth-order valence-corrected chi connectivity index (χ4v) is 13.3. The third-order valence-corrected chi connectivity index (χ3v) is 20.4. The highest BCUT2D eigenvalue weighted by molar-refractivity contribution is 8.76. The molecule has 7 atom stereocenters. The maximum absolute atomic E-state index is 14.3. The van der Waals surface area contributed by atoms with Crippen molar-refractivity contribution in [1.29, 1.82) is 0 Å². The Balaban J connectivity index is 0.000000872. The van der Waals surface area contributed by atoms with E-state index >= 15 is 0 Å². The van der Waals surface area contributed by atoms with Crippen molar-refractivity contribution < 1.29 is 97.2 Å². The van der Waals surface area contributed by atoms with Crippen molar-refractivity contribution in [2.24, 2.45) is 32.7 Å². The monoisotopic (exact) mass is 1610 g/mol. The van der Waals surface area contributed by atoms with Gasteiger partial charge in [0.1, 0.15) is 42.3 Å². The number of aliphatic carboxylic acids is 2. The Labute approximate surface area is 651 Å². The van der Waals surface area contributed by atoms with Crippen LogP contribution in [0.5, 0.6) is 0 Å². The number of nitrogens with zero attached hydrogens (tertiary/aromatic N) is 3. The Bertz CT molecular complexity index is 3230. The van der Waals surface area contributed by atoms with Crippen LogP contribution in [0.4, 0.5) is 0 Å². The summed E-state index contributed by atoms with van der Waals surface area (Å²) in [5.74, 6) is -14.7. The number of carbonyl (C=O) groups is 14. The summed E-state index contributed by atoms with van der Waals surface area (Å²) < 4.78 is 10.5. The number of carboxylic acids is 2. The van der Waals surface area contributed by atoms with Gasteiger partial charge in [-0.25, -0.2) is 0 Å². The van der Waals surface area contributed by atoms with Gasteiger partial charge in [0.15, 0.2) is 5.96 Å². The summed E-state index contributed by atoms with van der Waals surface area (Å²) in [6.45, 7) is 18.5. The number of likely N-dealkylation sites (N-methyl/N-ethyl adjacent to an activating group) is 1. The molecule has 39 nitrogen and oxygen atoms in total. The molecule has 2 saturated heterocycles. The zero-order valence-corrected chi connectivity index (χ0v) is 66.1. The van der Waals surface area contributed by atoms with Crippen LogP contribution >= 0.6 is 33.3 Å². The first-order valence-electron chi connectivity index (χ1n) is 36.0. The molecule has 0 saturated carbocycles. The van der Waals surface area contributed by atoms with E-state index in [4.69, 9.17) is 31.4 Å². The number of hydrogen-bond acceptors (Lipinski definition) is 26. The molecule has 0 aromatic heterocycles. The van der Waals surface area contributed by atoms with Crippen molar-refractivity contribution in [2.45, 2.75) is 179 Å². The standard InChI is InChI=1S/C40H57N13O14S3.C28H56N6O6/c1-2-43-28(54)14-45-34(62)26-17-69-70-18-27-39(67)49-21(9-6-10-44-40(41)42)33(61)46-15-29(55)47-23(12-31(57)58)36(64)51-25(16-68-19-30(56)48-24(13-32(59)60)37(65)53-27)38(66)50-22(35(63)52-26)11-20-7-4-3-5-8-20;1-8-39-20-21-40-19-18-30-26(36)11-9-10-25(35)29-15-12-24(13-16-31-27(4,5)22(2)33-37)14-17-32-28(6,7)23(3)34-38/h3-5,7-8,21-27H,2,6,9-19H2,1H3,(H,43,54)(H,45,62)(H,46,61)(H,47,55)(H,48,56)(H,49,67)(H,50,66)(H,51,64)(H,52,63)(H,53,65)(H,57,58)(H,59,60)(H4,41,42,44);24,31-32,37-38H,8-21H2,1-7H3,(H,29,35)(H,30,36)/b;33-22-,34-23-/t21-,22-,23-,24-,25-,26-,27-;/m0./s1. The number of oxime groups is 2. The highest BCUT2D eigenvalue weighted by Gasteiger charge is 2.36. The van der Waals surface area contributed by atoms with Gasteiger partial charge in [0.05, 0.1) is 74.0 Å². The molecule has 42 heteroatoms. The molecule has 0 spiro atoms. The van der Waals surface area contributed by atoms with Crippen LogP contribution in [-0.4, -0.2) is 276 Å². The minimum Gasteiger partial charge on any atom is -0.481 e. The first-order chi connectivity index (χ1) is 52.1. The van der Waals surface area contributed by atoms with Gasteiger partial charge < -0.3 is 116 Å². The smallest absolute Gasteiger partial charge is 0.305 e. The summed E-state index contributed by atoms with van der Waals surface area (Å²) in [6, 6.07) is -3.11. The van der Waals surface area contributed by atoms with Crippen molar-refractivity contribution in [3.8, 4) is 0 Å². The third kappa shape index (κ3) is 41.6. The van der Waals surface area contributed by atoms with Crippen LogP contribution in [0, 0.1) is 5.92 Å². The van der Waals surface area contributed by atoms with E-state index in [1.54, 1.807) is 51.1 Å². The number of hydrogen-bond donors (Lipinski definition) is 20. The van der Waals surface area contributed by atoms with E-state index in [1.165, 1.54) is 0 Å². The molecular formula is C68H113N19O20S3. The van der Waals surface area contributed by atoms with Gasteiger partial charge in [0.2, 0.25) is 70.9 Å². The number of carbonyl (C=O) groups excluding carboxylic acids is 12. The summed E-state index contributed by atoms with van der Waals surface area (Å²) in [5, 5.41) is 81.1. The van der Waals surface area contributed by atoms with Crippen LogP contribution in [0.2, 0.25) is 0 Å². The molecule has 0 radical (unpaired) electrons. The van der Waals surface area contributed by atoms with Crippen LogP contribution in [0.3, 0.4) is 0 Å². The van der Waals surface area contributed by atoms with Gasteiger partial charge in [-0.15, -0.1) is 11.8 Å². The predicted octanol–water partition coefficient (Wildman–Crippen LogP) is -3.20. The fraction of sp³-hybridized carbons (Fsp3) is 0.662. The van der Waals surface area contributed by atoms with E-state index in [2.05, 4.69) is 89.7 Å². The normalized spacial score (nSPS) is 19.9. The molecule has 618 valence electrons.